The van der Waals surface area contributed by atoms with Crippen molar-refractivity contribution in [2.45, 2.75) is 32.2 Å². The number of carbonyl (C=O) groups is 2. The van der Waals surface area contributed by atoms with E-state index in [2.05, 4.69) is 10.6 Å². The molecule has 2 amide bonds. The van der Waals surface area contributed by atoms with E-state index in [1.54, 1.807) is 19.7 Å². The highest BCUT2D eigenvalue weighted by Crippen LogP contribution is 2.17. The van der Waals surface area contributed by atoms with Gasteiger partial charge < -0.3 is 34.3 Å². The molecule has 42 heavy (non-hydrogen) atoms. The van der Waals surface area contributed by atoms with E-state index in [4.69, 9.17) is 41.1 Å². The van der Waals surface area contributed by atoms with Gasteiger partial charge in [0.2, 0.25) is 11.8 Å². The van der Waals surface area contributed by atoms with Gasteiger partial charge in [-0.3, -0.25) is 14.8 Å². The first-order chi connectivity index (χ1) is 20.4. The fourth-order valence-corrected chi connectivity index (χ4v) is 4.12. The Kier molecular flexibility index (Phi) is 17.1. The van der Waals surface area contributed by atoms with Crippen LogP contribution in [0.3, 0.4) is 0 Å². The SMILES string of the molecule is COCCOCCOCCNC(=S)[C@H](Cc1ccc(OC)cc1)NC(=O)[C@H](CCOc1ccc(C)cc1)CC(=O)NO. The van der Waals surface area contributed by atoms with E-state index in [0.717, 1.165) is 11.1 Å². The van der Waals surface area contributed by atoms with Gasteiger partial charge in [-0.1, -0.05) is 42.0 Å². The molecule has 2 aromatic carbocycles. The molecule has 12 heteroatoms. The van der Waals surface area contributed by atoms with Crippen LogP contribution in [0.2, 0.25) is 0 Å². The molecular formula is C30H43N3O8S. The van der Waals surface area contributed by atoms with Crippen molar-refractivity contribution in [1.82, 2.24) is 16.1 Å². The third-order valence-corrected chi connectivity index (χ3v) is 6.69. The predicted octanol–water partition coefficient (Wildman–Crippen LogP) is 2.61. The molecule has 0 saturated carbocycles. The zero-order valence-corrected chi connectivity index (χ0v) is 25.4. The van der Waals surface area contributed by atoms with Gasteiger partial charge in [0, 0.05) is 26.0 Å². The van der Waals surface area contributed by atoms with Gasteiger partial charge in [-0.15, -0.1) is 0 Å². The number of nitrogens with one attached hydrogen (secondary N) is 3. The van der Waals surface area contributed by atoms with Gasteiger partial charge >= 0.3 is 0 Å². The molecule has 0 bridgehead atoms. The summed E-state index contributed by atoms with van der Waals surface area (Å²) in [6.45, 7) is 4.95. The first-order valence-electron chi connectivity index (χ1n) is 13.8. The minimum absolute atomic E-state index is 0.207. The first kappa shape index (κ1) is 34.9. The van der Waals surface area contributed by atoms with E-state index >= 15 is 0 Å². The lowest BCUT2D eigenvalue weighted by Gasteiger charge is -2.24. The number of rotatable bonds is 21. The fraction of sp³-hybridized carbons (Fsp3) is 0.500. The Bertz CT molecular complexity index is 1070. The zero-order chi connectivity index (χ0) is 30.6. The molecule has 0 aromatic heterocycles. The van der Waals surface area contributed by atoms with Crippen LogP contribution in [0.1, 0.15) is 24.0 Å². The average molecular weight is 606 g/mol. The Morgan fingerprint density at radius 1 is 0.881 bits per heavy atom. The summed E-state index contributed by atoms with van der Waals surface area (Å²) >= 11 is 5.66. The van der Waals surface area contributed by atoms with Crippen LogP contribution in [0.25, 0.3) is 0 Å². The highest BCUT2D eigenvalue weighted by molar-refractivity contribution is 7.80. The van der Waals surface area contributed by atoms with Crippen molar-refractivity contribution in [2.75, 3.05) is 60.4 Å². The highest BCUT2D eigenvalue weighted by atomic mass is 32.1. The molecule has 232 valence electrons. The van der Waals surface area contributed by atoms with Gasteiger partial charge in [0.1, 0.15) is 11.5 Å². The van der Waals surface area contributed by atoms with Crippen molar-refractivity contribution in [1.29, 1.82) is 0 Å². The van der Waals surface area contributed by atoms with E-state index in [9.17, 15) is 9.59 Å². The molecule has 0 saturated heterocycles. The summed E-state index contributed by atoms with van der Waals surface area (Å²) in [4.78, 5) is 25.9. The lowest BCUT2D eigenvalue weighted by atomic mass is 9.98. The monoisotopic (exact) mass is 605 g/mol. The molecule has 0 spiro atoms. The number of carbonyl (C=O) groups excluding carboxylic acids is 2. The van der Waals surface area contributed by atoms with E-state index < -0.39 is 17.9 Å². The van der Waals surface area contributed by atoms with E-state index in [1.807, 2.05) is 55.5 Å². The molecule has 0 unspecified atom stereocenters. The van der Waals surface area contributed by atoms with Gasteiger partial charge in [0.15, 0.2) is 0 Å². The van der Waals surface area contributed by atoms with Crippen LogP contribution in [-0.4, -0.2) is 88.5 Å². The third kappa shape index (κ3) is 14.1. The predicted molar refractivity (Wildman–Crippen MR) is 162 cm³/mol. The molecule has 0 aliphatic rings. The van der Waals surface area contributed by atoms with E-state index in [0.29, 0.717) is 62.5 Å². The fourth-order valence-electron chi connectivity index (χ4n) is 3.88. The number of ether oxygens (including phenoxy) is 5. The second-order valence-electron chi connectivity index (χ2n) is 9.51. The highest BCUT2D eigenvalue weighted by Gasteiger charge is 2.26. The maximum absolute atomic E-state index is 13.4. The van der Waals surface area contributed by atoms with Gasteiger partial charge in [-0.2, -0.15) is 0 Å². The van der Waals surface area contributed by atoms with Crippen molar-refractivity contribution in [3.8, 4) is 11.5 Å². The van der Waals surface area contributed by atoms with E-state index in [-0.39, 0.29) is 25.4 Å². The summed E-state index contributed by atoms with van der Waals surface area (Å²) in [6, 6.07) is 14.5. The lowest BCUT2D eigenvalue weighted by Crippen LogP contribution is -2.50. The summed E-state index contributed by atoms with van der Waals surface area (Å²) in [7, 11) is 3.21. The van der Waals surface area contributed by atoms with Crippen LogP contribution in [0.4, 0.5) is 0 Å². The second kappa shape index (κ2) is 20.6. The van der Waals surface area contributed by atoms with Crippen LogP contribution in [0.5, 0.6) is 11.5 Å². The number of methoxy groups -OCH3 is 2. The van der Waals surface area contributed by atoms with Crippen LogP contribution in [0, 0.1) is 12.8 Å². The summed E-state index contributed by atoms with van der Waals surface area (Å²) in [6.07, 6.45) is 0.451. The van der Waals surface area contributed by atoms with Crippen molar-refractivity contribution in [3.63, 3.8) is 0 Å². The molecule has 2 rings (SSSR count). The summed E-state index contributed by atoms with van der Waals surface area (Å²) in [5, 5.41) is 15.2. The van der Waals surface area contributed by atoms with Gasteiger partial charge in [-0.25, -0.2) is 5.48 Å². The second-order valence-corrected chi connectivity index (χ2v) is 9.95. The molecule has 0 fully saturated rings. The molecular weight excluding hydrogens is 562 g/mol. The third-order valence-electron chi connectivity index (χ3n) is 6.26. The number of aryl methyl sites for hydroxylation is 1. The van der Waals surface area contributed by atoms with Crippen molar-refractivity contribution in [2.24, 2.45) is 5.92 Å². The Hall–Kier alpha value is -3.29. The smallest absolute Gasteiger partial charge is 0.244 e. The van der Waals surface area contributed by atoms with Crippen LogP contribution in [0.15, 0.2) is 48.5 Å². The molecule has 2 aromatic rings. The minimum Gasteiger partial charge on any atom is -0.497 e. The van der Waals surface area contributed by atoms with Crippen LogP contribution in [-0.2, 0) is 30.2 Å². The number of amides is 2. The summed E-state index contributed by atoms with van der Waals surface area (Å²) < 4.78 is 26.9. The number of thiocarbonyl (C=S) groups is 1. The number of hydroxylamine groups is 1. The van der Waals surface area contributed by atoms with E-state index in [1.165, 1.54) is 0 Å². The first-order valence-corrected chi connectivity index (χ1v) is 14.2. The van der Waals surface area contributed by atoms with Crippen LogP contribution < -0.4 is 25.6 Å². The Morgan fingerprint density at radius 2 is 1.52 bits per heavy atom. The molecule has 11 nitrogen and oxygen atoms in total. The molecule has 0 aliphatic heterocycles. The maximum Gasteiger partial charge on any atom is 0.244 e. The average Bonchev–Trinajstić information content (AvgIpc) is 3.00. The topological polar surface area (TPSA) is 137 Å². The number of benzene rings is 2. The maximum atomic E-state index is 13.4. The zero-order valence-electron chi connectivity index (χ0n) is 24.6. The Labute approximate surface area is 253 Å². The van der Waals surface area contributed by atoms with Crippen molar-refractivity contribution < 1.29 is 38.5 Å². The van der Waals surface area contributed by atoms with Gasteiger partial charge in [0.05, 0.1) is 57.8 Å². The molecule has 0 aliphatic carbocycles. The van der Waals surface area contributed by atoms with Gasteiger partial charge in [0.25, 0.3) is 0 Å². The van der Waals surface area contributed by atoms with Crippen molar-refractivity contribution >= 4 is 29.0 Å². The Morgan fingerprint density at radius 3 is 2.17 bits per heavy atom. The summed E-state index contributed by atoms with van der Waals surface area (Å²) in [5.41, 5.74) is 3.65. The largest absolute Gasteiger partial charge is 0.497 e. The number of hydrogen-bond acceptors (Lipinski definition) is 9. The quantitative estimate of drug-likeness (QED) is 0.0728. The molecule has 0 heterocycles. The molecule has 0 radical (unpaired) electrons. The lowest BCUT2D eigenvalue weighted by molar-refractivity contribution is -0.135. The van der Waals surface area contributed by atoms with Crippen LogP contribution >= 0.6 is 12.2 Å². The Balaban J connectivity index is 2.00. The van der Waals surface area contributed by atoms with Gasteiger partial charge in [-0.05, 0) is 49.6 Å². The standard InChI is InChI=1S/C30H43N3O8S/c1-22-4-8-26(9-5-22)41-14-12-24(21-28(34)33-36)29(35)32-27(20-23-6-10-25(38-3)11-7-23)30(42)31-13-15-39-18-19-40-17-16-37-2/h4-11,24,27,36H,12-21H2,1-3H3,(H,31,42)(H,32,35)(H,33,34)/t24-,27+/m1/s1. The summed E-state index contributed by atoms with van der Waals surface area (Å²) in [5.74, 6) is -0.422. The minimum atomic E-state index is -0.759. The number of hydrogen-bond donors (Lipinski definition) is 4. The van der Waals surface area contributed by atoms with Crippen molar-refractivity contribution in [3.05, 3.63) is 59.7 Å². The molecule has 2 atom stereocenters. The normalized spacial score (nSPS) is 12.2. The molecule has 4 N–H and O–H groups in total.